The highest BCUT2D eigenvalue weighted by Gasteiger charge is 2.06. The summed E-state index contributed by atoms with van der Waals surface area (Å²) in [6.07, 6.45) is 0. The largest absolute Gasteiger partial charge is 0.480 e. The summed E-state index contributed by atoms with van der Waals surface area (Å²) in [4.78, 5) is 21.3. The number of hydrogen-bond acceptors (Lipinski definition) is 2. The van der Waals surface area contributed by atoms with E-state index in [2.05, 4.69) is 5.32 Å². The number of carbonyl (C=O) groups excluding carboxylic acids is 1. The molecule has 0 radical (unpaired) electrons. The van der Waals surface area contributed by atoms with Gasteiger partial charge in [-0.3, -0.25) is 9.59 Å². The van der Waals surface area contributed by atoms with E-state index in [0.717, 1.165) is 12.1 Å². The smallest absolute Gasteiger partial charge is 0.322 e. The summed E-state index contributed by atoms with van der Waals surface area (Å²) in [6.45, 7) is -0.448. The standard InChI is InChI=1S/C9H8FNO3/c10-7-3-1-6(2-4-7)9(14)11-5-8(12)13/h1-4H,5H2,(H,11,14)(H,12,13)/i10-1. The Kier molecular flexibility index (Phi) is 3.17. The summed E-state index contributed by atoms with van der Waals surface area (Å²) in [5, 5.41) is 10.4. The molecule has 0 bridgehead atoms. The van der Waals surface area contributed by atoms with E-state index in [1.165, 1.54) is 12.1 Å². The van der Waals surface area contributed by atoms with Crippen molar-refractivity contribution in [1.82, 2.24) is 5.32 Å². The zero-order chi connectivity index (χ0) is 10.6. The summed E-state index contributed by atoms with van der Waals surface area (Å²) in [5.41, 5.74) is 0.229. The molecule has 1 aromatic rings. The van der Waals surface area contributed by atoms with Gasteiger partial charge in [0, 0.05) is 5.56 Å². The van der Waals surface area contributed by atoms with Crippen LogP contribution >= 0.6 is 0 Å². The Morgan fingerprint density at radius 1 is 1.29 bits per heavy atom. The van der Waals surface area contributed by atoms with Gasteiger partial charge < -0.3 is 10.4 Å². The van der Waals surface area contributed by atoms with Gasteiger partial charge in [0.15, 0.2) is 0 Å². The number of carboxylic acid groups (broad SMARTS) is 1. The van der Waals surface area contributed by atoms with Crippen LogP contribution in [0.3, 0.4) is 0 Å². The normalized spacial score (nSPS) is 9.50. The number of carboxylic acids is 1. The third kappa shape index (κ3) is 2.85. The molecule has 5 heteroatoms. The molecule has 1 amide bonds. The van der Waals surface area contributed by atoms with Crippen LogP contribution in [0.4, 0.5) is 4.39 Å². The predicted octanol–water partition coefficient (Wildman–Crippen LogP) is 0.640. The second-order valence-electron chi connectivity index (χ2n) is 2.58. The molecule has 2 N–H and O–H groups in total. The van der Waals surface area contributed by atoms with Crippen molar-refractivity contribution in [1.29, 1.82) is 0 Å². The van der Waals surface area contributed by atoms with Gasteiger partial charge in [-0.15, -0.1) is 0 Å². The first-order chi connectivity index (χ1) is 6.59. The molecule has 0 unspecified atom stereocenters. The van der Waals surface area contributed by atoms with Crippen molar-refractivity contribution in [2.45, 2.75) is 0 Å². The SMILES string of the molecule is O=C(O)CNC(=O)c1ccc([18F])cc1. The fraction of sp³-hybridized carbons (Fsp3) is 0.111. The molecule has 0 saturated heterocycles. The van der Waals surface area contributed by atoms with Crippen molar-refractivity contribution in [2.24, 2.45) is 0 Å². The zero-order valence-electron chi connectivity index (χ0n) is 7.16. The number of nitrogens with one attached hydrogen (secondary N) is 1. The van der Waals surface area contributed by atoms with Crippen LogP contribution in [0.2, 0.25) is 0 Å². The second kappa shape index (κ2) is 4.36. The van der Waals surface area contributed by atoms with Crippen LogP contribution < -0.4 is 5.32 Å². The Bertz CT molecular complexity index is 348. The van der Waals surface area contributed by atoms with Gasteiger partial charge in [-0.1, -0.05) is 0 Å². The molecular formula is C9H8FNO3. The minimum atomic E-state index is -1.12. The molecule has 0 atom stereocenters. The number of halogens is 1. The molecule has 0 fully saturated rings. The first-order valence-electron chi connectivity index (χ1n) is 3.85. The van der Waals surface area contributed by atoms with Crippen molar-refractivity contribution in [3.63, 3.8) is 0 Å². The van der Waals surface area contributed by atoms with E-state index >= 15 is 0 Å². The topological polar surface area (TPSA) is 66.4 Å². The van der Waals surface area contributed by atoms with E-state index in [1.807, 2.05) is 0 Å². The fourth-order valence-electron chi connectivity index (χ4n) is 0.859. The summed E-state index contributed by atoms with van der Waals surface area (Å²) in [5.74, 6) is -2.10. The lowest BCUT2D eigenvalue weighted by atomic mass is 10.2. The van der Waals surface area contributed by atoms with Gasteiger partial charge in [0.2, 0.25) is 0 Å². The third-order valence-corrected chi connectivity index (χ3v) is 1.51. The van der Waals surface area contributed by atoms with Crippen molar-refractivity contribution in [3.8, 4) is 0 Å². The van der Waals surface area contributed by atoms with Crippen LogP contribution in [0, 0.1) is 5.82 Å². The number of amides is 1. The van der Waals surface area contributed by atoms with E-state index in [1.54, 1.807) is 0 Å². The summed E-state index contributed by atoms with van der Waals surface area (Å²) in [7, 11) is 0. The maximum absolute atomic E-state index is 12.4. The van der Waals surface area contributed by atoms with Gasteiger partial charge in [-0.25, -0.2) is 4.39 Å². The van der Waals surface area contributed by atoms with Crippen LogP contribution in [0.25, 0.3) is 0 Å². The average Bonchev–Trinajstić information content (AvgIpc) is 2.15. The summed E-state index contributed by atoms with van der Waals surface area (Å²) < 4.78 is 12.4. The maximum atomic E-state index is 12.4. The van der Waals surface area contributed by atoms with Gasteiger partial charge in [-0.2, -0.15) is 0 Å². The highest BCUT2D eigenvalue weighted by Crippen LogP contribution is 2.01. The number of hydrogen-bond donors (Lipinski definition) is 2. The first kappa shape index (κ1) is 10.2. The number of carbonyl (C=O) groups is 2. The predicted molar refractivity (Wildman–Crippen MR) is 46.4 cm³/mol. The zero-order valence-corrected chi connectivity index (χ0v) is 7.16. The van der Waals surface area contributed by atoms with Crippen LogP contribution in [0.5, 0.6) is 0 Å². The van der Waals surface area contributed by atoms with Crippen LogP contribution in [-0.2, 0) is 4.79 Å². The minimum absolute atomic E-state index is 0.229. The molecule has 14 heavy (non-hydrogen) atoms. The van der Waals surface area contributed by atoms with Crippen molar-refractivity contribution in [3.05, 3.63) is 35.6 Å². The van der Waals surface area contributed by atoms with Crippen LogP contribution in [0.1, 0.15) is 10.4 Å². The summed E-state index contributed by atoms with van der Waals surface area (Å²) >= 11 is 0. The lowest BCUT2D eigenvalue weighted by Crippen LogP contribution is -2.29. The molecule has 4 nitrogen and oxygen atoms in total. The molecule has 0 saturated carbocycles. The van der Waals surface area contributed by atoms with Gasteiger partial charge in [0.05, 0.1) is 0 Å². The average molecular weight is 196 g/mol. The quantitative estimate of drug-likeness (QED) is 0.745. The Morgan fingerprint density at radius 2 is 1.86 bits per heavy atom. The van der Waals surface area contributed by atoms with Crippen molar-refractivity contribution in [2.75, 3.05) is 6.54 Å². The molecular weight excluding hydrogens is 188 g/mol. The molecule has 0 aliphatic carbocycles. The van der Waals surface area contributed by atoms with E-state index in [-0.39, 0.29) is 5.56 Å². The van der Waals surface area contributed by atoms with E-state index in [0.29, 0.717) is 0 Å². The van der Waals surface area contributed by atoms with E-state index in [4.69, 9.17) is 5.11 Å². The van der Waals surface area contributed by atoms with Gasteiger partial charge >= 0.3 is 5.97 Å². The fourth-order valence-corrected chi connectivity index (χ4v) is 0.859. The van der Waals surface area contributed by atoms with Crippen molar-refractivity contribution < 1.29 is 19.1 Å². The molecule has 1 aromatic carbocycles. The molecule has 1 rings (SSSR count). The minimum Gasteiger partial charge on any atom is -0.480 e. The highest BCUT2D eigenvalue weighted by atomic mass is 18.2. The highest BCUT2D eigenvalue weighted by molar-refractivity contribution is 5.95. The molecule has 0 spiro atoms. The Hall–Kier alpha value is -1.91. The Balaban J connectivity index is 2.61. The van der Waals surface area contributed by atoms with Crippen LogP contribution in [-0.4, -0.2) is 23.5 Å². The second-order valence-corrected chi connectivity index (χ2v) is 2.58. The molecule has 0 heterocycles. The number of aliphatic carboxylic acids is 1. The monoisotopic (exact) mass is 196 g/mol. The molecule has 0 aliphatic heterocycles. The van der Waals surface area contributed by atoms with Crippen molar-refractivity contribution >= 4 is 11.9 Å². The number of rotatable bonds is 3. The van der Waals surface area contributed by atoms with Gasteiger partial charge in [0.25, 0.3) is 5.91 Å². The summed E-state index contributed by atoms with van der Waals surface area (Å²) in [6, 6.07) is 4.84. The number of benzene rings is 1. The maximum Gasteiger partial charge on any atom is 0.322 e. The van der Waals surface area contributed by atoms with Crippen LogP contribution in [0.15, 0.2) is 24.3 Å². The molecule has 0 aromatic heterocycles. The third-order valence-electron chi connectivity index (χ3n) is 1.51. The first-order valence-corrected chi connectivity index (χ1v) is 3.85. The molecule has 0 aliphatic rings. The van der Waals surface area contributed by atoms with E-state index < -0.39 is 24.2 Å². The Morgan fingerprint density at radius 3 is 2.36 bits per heavy atom. The molecule has 74 valence electrons. The van der Waals surface area contributed by atoms with Gasteiger partial charge in [-0.05, 0) is 24.3 Å². The van der Waals surface area contributed by atoms with E-state index in [9.17, 15) is 14.0 Å². The lowest BCUT2D eigenvalue weighted by Gasteiger charge is -2.01. The Labute approximate surface area is 79.4 Å². The van der Waals surface area contributed by atoms with Gasteiger partial charge in [0.1, 0.15) is 12.4 Å². The lowest BCUT2D eigenvalue weighted by molar-refractivity contribution is -0.135.